The number of anilines is 1. The minimum atomic E-state index is -1.71. The van der Waals surface area contributed by atoms with Crippen LogP contribution in [0.3, 0.4) is 0 Å². The van der Waals surface area contributed by atoms with E-state index in [4.69, 9.17) is 16.7 Å². The van der Waals surface area contributed by atoms with Crippen molar-refractivity contribution in [3.8, 4) is 0 Å². The molecule has 4 nitrogen and oxygen atoms in total. The Morgan fingerprint density at radius 1 is 1.47 bits per heavy atom. The number of alkyl halides is 1. The molecule has 102 valence electrons. The molecule has 0 radical (unpaired) electrons. The van der Waals surface area contributed by atoms with Crippen LogP contribution >= 0.6 is 11.6 Å². The lowest BCUT2D eigenvalue weighted by atomic mass is 10.1. The van der Waals surface area contributed by atoms with Crippen LogP contribution in [0, 0.1) is 17.6 Å². The third kappa shape index (κ3) is 2.40. The lowest BCUT2D eigenvalue weighted by molar-refractivity contribution is -0.117. The molecule has 0 bridgehead atoms. The van der Waals surface area contributed by atoms with Crippen molar-refractivity contribution < 1.29 is 23.5 Å². The summed E-state index contributed by atoms with van der Waals surface area (Å²) in [5, 5.41) is 8.77. The summed E-state index contributed by atoms with van der Waals surface area (Å²) >= 11 is 5.65. The van der Waals surface area contributed by atoms with Gasteiger partial charge in [0.15, 0.2) is 5.82 Å². The van der Waals surface area contributed by atoms with E-state index in [9.17, 15) is 18.4 Å². The van der Waals surface area contributed by atoms with Gasteiger partial charge in [-0.05, 0) is 18.1 Å². The zero-order valence-electron chi connectivity index (χ0n) is 9.70. The Labute approximate surface area is 112 Å². The van der Waals surface area contributed by atoms with Gasteiger partial charge < -0.3 is 10.0 Å². The third-order valence-electron chi connectivity index (χ3n) is 3.00. The average molecular weight is 290 g/mol. The number of hydrogen-bond donors (Lipinski definition) is 1. The lowest BCUT2D eigenvalue weighted by Gasteiger charge is -2.18. The number of rotatable bonds is 3. The fourth-order valence-corrected chi connectivity index (χ4v) is 2.27. The van der Waals surface area contributed by atoms with Crippen LogP contribution in [0.2, 0.25) is 0 Å². The zero-order chi connectivity index (χ0) is 14.2. The predicted molar refractivity (Wildman–Crippen MR) is 64.5 cm³/mol. The van der Waals surface area contributed by atoms with Gasteiger partial charge in [0.25, 0.3) is 0 Å². The number of nitrogens with zero attached hydrogens (tertiary/aromatic N) is 1. The standard InChI is InChI=1S/C12H10ClF2NO3/c13-4-6-3-9(17)16(5-6)8-2-1-7(14)10(11(8)15)12(18)19/h1-2,6H,3-5H2,(H,18,19). The largest absolute Gasteiger partial charge is 0.477 e. The zero-order valence-corrected chi connectivity index (χ0v) is 10.5. The van der Waals surface area contributed by atoms with Gasteiger partial charge in [-0.15, -0.1) is 11.6 Å². The van der Waals surface area contributed by atoms with Crippen LogP contribution < -0.4 is 4.90 Å². The van der Waals surface area contributed by atoms with Crippen molar-refractivity contribution in [2.24, 2.45) is 5.92 Å². The van der Waals surface area contributed by atoms with E-state index in [0.29, 0.717) is 0 Å². The molecule has 0 aromatic heterocycles. The smallest absolute Gasteiger partial charge is 0.341 e. The third-order valence-corrected chi connectivity index (χ3v) is 3.44. The predicted octanol–water partition coefficient (Wildman–Crippen LogP) is 2.25. The van der Waals surface area contributed by atoms with E-state index in [2.05, 4.69) is 0 Å². The van der Waals surface area contributed by atoms with Crippen LogP contribution in [0.25, 0.3) is 0 Å². The Bertz CT molecular complexity index is 550. The molecule has 1 aliphatic rings. The molecule has 1 aromatic rings. The normalized spacial score (nSPS) is 19.0. The van der Waals surface area contributed by atoms with Crippen LogP contribution in [0.5, 0.6) is 0 Å². The number of halogens is 3. The van der Waals surface area contributed by atoms with Gasteiger partial charge in [0.1, 0.15) is 11.4 Å². The summed E-state index contributed by atoms with van der Waals surface area (Å²) in [6.45, 7) is 0.198. The summed E-state index contributed by atoms with van der Waals surface area (Å²) < 4.78 is 27.3. The van der Waals surface area contributed by atoms with Crippen molar-refractivity contribution in [1.29, 1.82) is 0 Å². The van der Waals surface area contributed by atoms with E-state index in [1.165, 1.54) is 0 Å². The molecular formula is C12H10ClF2NO3. The van der Waals surface area contributed by atoms with E-state index in [1.807, 2.05) is 0 Å². The van der Waals surface area contributed by atoms with Gasteiger partial charge in [0, 0.05) is 18.8 Å². The molecule has 1 unspecified atom stereocenters. The molecule has 7 heteroatoms. The number of carboxylic acid groups (broad SMARTS) is 1. The highest BCUT2D eigenvalue weighted by Crippen LogP contribution is 2.30. The van der Waals surface area contributed by atoms with Crippen LogP contribution in [0.4, 0.5) is 14.5 Å². The first-order valence-electron chi connectivity index (χ1n) is 5.53. The van der Waals surface area contributed by atoms with E-state index in [0.717, 1.165) is 17.0 Å². The number of amides is 1. The number of carboxylic acids is 1. The van der Waals surface area contributed by atoms with Gasteiger partial charge in [0.2, 0.25) is 5.91 Å². The van der Waals surface area contributed by atoms with Crippen LogP contribution in [-0.2, 0) is 4.79 Å². The fraction of sp³-hybridized carbons (Fsp3) is 0.333. The van der Waals surface area contributed by atoms with Crippen molar-refractivity contribution in [2.75, 3.05) is 17.3 Å². The molecule has 1 N–H and O–H groups in total. The second kappa shape index (κ2) is 5.13. The molecular weight excluding hydrogens is 280 g/mol. The molecule has 1 heterocycles. The molecule has 1 aromatic carbocycles. The number of carbonyl (C=O) groups excluding carboxylic acids is 1. The Kier molecular flexibility index (Phi) is 3.71. The monoisotopic (exact) mass is 289 g/mol. The maximum absolute atomic E-state index is 14.0. The number of benzene rings is 1. The van der Waals surface area contributed by atoms with Crippen LogP contribution in [0.1, 0.15) is 16.8 Å². The molecule has 1 atom stereocenters. The van der Waals surface area contributed by atoms with E-state index >= 15 is 0 Å². The quantitative estimate of drug-likeness (QED) is 0.868. The summed E-state index contributed by atoms with van der Waals surface area (Å²) in [6, 6.07) is 1.90. The summed E-state index contributed by atoms with van der Waals surface area (Å²) in [7, 11) is 0. The molecule has 0 spiro atoms. The van der Waals surface area contributed by atoms with Gasteiger partial charge in [-0.2, -0.15) is 0 Å². The highest BCUT2D eigenvalue weighted by Gasteiger charge is 2.33. The van der Waals surface area contributed by atoms with Crippen molar-refractivity contribution in [3.63, 3.8) is 0 Å². The summed E-state index contributed by atoms with van der Waals surface area (Å²) in [6.07, 6.45) is 0.169. The summed E-state index contributed by atoms with van der Waals surface area (Å²) in [4.78, 5) is 23.6. The molecule has 1 amide bonds. The Hall–Kier alpha value is -1.69. The van der Waals surface area contributed by atoms with E-state index in [1.54, 1.807) is 0 Å². The first kappa shape index (κ1) is 13.7. The van der Waals surface area contributed by atoms with Crippen molar-refractivity contribution in [1.82, 2.24) is 0 Å². The maximum Gasteiger partial charge on any atom is 0.341 e. The Morgan fingerprint density at radius 2 is 2.16 bits per heavy atom. The summed E-state index contributed by atoms with van der Waals surface area (Å²) in [5.41, 5.74) is -1.28. The fourth-order valence-electron chi connectivity index (χ4n) is 2.06. The SMILES string of the molecule is O=C(O)c1c(F)ccc(N2CC(CCl)CC2=O)c1F. The second-order valence-electron chi connectivity index (χ2n) is 4.29. The van der Waals surface area contributed by atoms with Gasteiger partial charge >= 0.3 is 5.97 Å². The summed E-state index contributed by atoms with van der Waals surface area (Å²) in [5.74, 6) is -4.35. The molecule has 1 aliphatic heterocycles. The second-order valence-corrected chi connectivity index (χ2v) is 4.60. The molecule has 2 rings (SSSR count). The Morgan fingerprint density at radius 3 is 2.68 bits per heavy atom. The van der Waals surface area contributed by atoms with Gasteiger partial charge in [0.05, 0.1) is 5.69 Å². The van der Waals surface area contributed by atoms with Crippen LogP contribution in [-0.4, -0.2) is 29.4 Å². The molecule has 19 heavy (non-hydrogen) atoms. The first-order chi connectivity index (χ1) is 8.95. The Balaban J connectivity index is 2.44. The minimum Gasteiger partial charge on any atom is -0.477 e. The van der Waals surface area contributed by atoms with Gasteiger partial charge in [-0.1, -0.05) is 0 Å². The van der Waals surface area contributed by atoms with Gasteiger partial charge in [-0.3, -0.25) is 4.79 Å². The van der Waals surface area contributed by atoms with Crippen LogP contribution in [0.15, 0.2) is 12.1 Å². The van der Waals surface area contributed by atoms with Crippen molar-refractivity contribution >= 4 is 29.2 Å². The van der Waals surface area contributed by atoms with Crippen molar-refractivity contribution in [2.45, 2.75) is 6.42 Å². The molecule has 1 fully saturated rings. The highest BCUT2D eigenvalue weighted by molar-refractivity contribution is 6.18. The molecule has 0 aliphatic carbocycles. The molecule has 0 saturated carbocycles. The number of hydrogen-bond acceptors (Lipinski definition) is 2. The van der Waals surface area contributed by atoms with E-state index in [-0.39, 0.29) is 36.4 Å². The van der Waals surface area contributed by atoms with E-state index < -0.39 is 23.2 Å². The van der Waals surface area contributed by atoms with Crippen molar-refractivity contribution in [3.05, 3.63) is 29.3 Å². The maximum atomic E-state index is 14.0. The molecule has 1 saturated heterocycles. The minimum absolute atomic E-state index is 0.119. The average Bonchev–Trinajstić information content (AvgIpc) is 2.70. The lowest BCUT2D eigenvalue weighted by Crippen LogP contribution is -2.26. The topological polar surface area (TPSA) is 57.6 Å². The first-order valence-corrected chi connectivity index (χ1v) is 6.06. The highest BCUT2D eigenvalue weighted by atomic mass is 35.5. The van der Waals surface area contributed by atoms with Gasteiger partial charge in [-0.25, -0.2) is 13.6 Å². The number of carbonyl (C=O) groups is 2. The number of aromatic carboxylic acids is 1.